The van der Waals surface area contributed by atoms with Crippen molar-refractivity contribution in [3.05, 3.63) is 35.9 Å². The number of carbonyl (C=O) groups is 2. The Bertz CT molecular complexity index is 1500. The smallest absolute Gasteiger partial charge is 0.413 e. The molecule has 1 spiro atoms. The zero-order chi connectivity index (χ0) is 27.5. The molecule has 0 bridgehead atoms. The minimum Gasteiger partial charge on any atom is -0.474 e. The Morgan fingerprint density at radius 1 is 1.21 bits per heavy atom. The quantitative estimate of drug-likeness (QED) is 0.421. The number of hydrogen-bond donors (Lipinski definition) is 3. The molecule has 3 aromatic rings. The van der Waals surface area contributed by atoms with Crippen LogP contribution in [0.3, 0.4) is 0 Å². The van der Waals surface area contributed by atoms with Gasteiger partial charge < -0.3 is 25.8 Å². The highest BCUT2D eigenvalue weighted by atomic mass is 19.1. The number of anilines is 3. The van der Waals surface area contributed by atoms with Crippen molar-refractivity contribution in [1.29, 1.82) is 0 Å². The van der Waals surface area contributed by atoms with E-state index < -0.39 is 11.9 Å². The second kappa shape index (κ2) is 9.25. The fourth-order valence-electron chi connectivity index (χ4n) is 6.37. The number of halogens is 1. The summed E-state index contributed by atoms with van der Waals surface area (Å²) in [4.78, 5) is 36.0. The average Bonchev–Trinajstić information content (AvgIpc) is 2.90. The van der Waals surface area contributed by atoms with Crippen molar-refractivity contribution in [2.45, 2.75) is 45.6 Å². The lowest BCUT2D eigenvalue weighted by Crippen LogP contribution is -2.57. The topological polar surface area (TPSA) is 134 Å². The standard InChI is InChI=1S/C28H31FN6O4/c1-15-20(13-33-26-25(15)31-5-8-39-26)19-9-17-10-22(32-14-21(17)24(30)23(19)29)35(27(37)38)18-11-28(12-18)3-6-34(7-4-28)16(2)36/h9-10,13-14,18,31H,3-8,11-12,30H2,1-2H3,(H,37,38). The predicted molar refractivity (Wildman–Crippen MR) is 146 cm³/mol. The molecule has 1 saturated carbocycles. The van der Waals surface area contributed by atoms with E-state index in [1.54, 1.807) is 25.3 Å². The molecule has 2 fully saturated rings. The van der Waals surface area contributed by atoms with E-state index in [2.05, 4.69) is 15.3 Å². The van der Waals surface area contributed by atoms with Gasteiger partial charge in [-0.05, 0) is 61.1 Å². The van der Waals surface area contributed by atoms with Crippen LogP contribution < -0.4 is 20.7 Å². The van der Waals surface area contributed by atoms with Crippen molar-refractivity contribution in [1.82, 2.24) is 14.9 Å². The third kappa shape index (κ3) is 4.16. The lowest BCUT2D eigenvalue weighted by molar-refractivity contribution is -0.132. The molecule has 204 valence electrons. The van der Waals surface area contributed by atoms with Gasteiger partial charge >= 0.3 is 6.09 Å². The summed E-state index contributed by atoms with van der Waals surface area (Å²) in [5.41, 5.74) is 8.58. The summed E-state index contributed by atoms with van der Waals surface area (Å²) in [5, 5.41) is 14.4. The molecule has 2 amide bonds. The highest BCUT2D eigenvalue weighted by Gasteiger charge is 2.50. The first-order valence-corrected chi connectivity index (χ1v) is 13.2. The van der Waals surface area contributed by atoms with Crippen LogP contribution in [0.1, 0.15) is 38.2 Å². The molecule has 1 saturated heterocycles. The summed E-state index contributed by atoms with van der Waals surface area (Å²) in [6.07, 6.45) is 5.10. The van der Waals surface area contributed by atoms with Gasteiger partial charge in [0.15, 0.2) is 5.82 Å². The molecule has 0 radical (unpaired) electrons. The van der Waals surface area contributed by atoms with Gasteiger partial charge in [-0.2, -0.15) is 0 Å². The van der Waals surface area contributed by atoms with E-state index in [1.165, 1.54) is 11.1 Å². The SMILES string of the molecule is CC(=O)N1CCC2(CC1)CC(N(C(=O)O)c1cc3cc(-c4cnc5c(c4C)NCCO5)c(F)c(N)c3cn1)C2. The lowest BCUT2D eigenvalue weighted by atomic mass is 9.60. The second-order valence-corrected chi connectivity index (χ2v) is 10.9. The third-order valence-corrected chi connectivity index (χ3v) is 8.65. The molecule has 39 heavy (non-hydrogen) atoms. The fourth-order valence-corrected chi connectivity index (χ4v) is 6.37. The Hall–Kier alpha value is -4.15. The zero-order valence-electron chi connectivity index (χ0n) is 22.0. The number of nitrogens with one attached hydrogen (secondary N) is 1. The summed E-state index contributed by atoms with van der Waals surface area (Å²) in [6, 6.07) is 3.12. The zero-order valence-corrected chi connectivity index (χ0v) is 22.0. The Balaban J connectivity index is 1.32. The number of piperidine rings is 1. The Morgan fingerprint density at radius 3 is 2.64 bits per heavy atom. The number of nitrogens with two attached hydrogens (primary N) is 1. The molecule has 1 aliphatic carbocycles. The van der Waals surface area contributed by atoms with Gasteiger partial charge in [-0.3, -0.25) is 9.69 Å². The van der Waals surface area contributed by atoms with E-state index in [-0.39, 0.29) is 34.4 Å². The van der Waals surface area contributed by atoms with Gasteiger partial charge in [0.05, 0.1) is 5.69 Å². The molecular formula is C28H31FN6O4. The van der Waals surface area contributed by atoms with Crippen molar-refractivity contribution in [3.63, 3.8) is 0 Å². The molecule has 0 atom stereocenters. The number of likely N-dealkylation sites (tertiary alicyclic amines) is 1. The number of hydrogen-bond acceptors (Lipinski definition) is 7. The van der Waals surface area contributed by atoms with E-state index >= 15 is 4.39 Å². The fraction of sp³-hybridized carbons (Fsp3) is 0.429. The maximum absolute atomic E-state index is 15.5. The number of benzene rings is 1. The molecule has 2 aliphatic heterocycles. The van der Waals surface area contributed by atoms with Gasteiger partial charge in [0.2, 0.25) is 11.8 Å². The lowest BCUT2D eigenvalue weighted by Gasteiger charge is -2.54. The van der Waals surface area contributed by atoms with E-state index in [0.29, 0.717) is 48.5 Å². The monoisotopic (exact) mass is 534 g/mol. The van der Waals surface area contributed by atoms with E-state index in [4.69, 9.17) is 10.5 Å². The van der Waals surface area contributed by atoms with Gasteiger partial charge in [0, 0.05) is 61.5 Å². The Labute approximate surface area is 225 Å². The van der Waals surface area contributed by atoms with E-state index in [1.807, 2.05) is 11.8 Å². The van der Waals surface area contributed by atoms with Crippen LogP contribution in [0.25, 0.3) is 21.9 Å². The molecule has 10 nitrogen and oxygen atoms in total. The van der Waals surface area contributed by atoms with E-state index in [0.717, 1.165) is 36.9 Å². The number of carboxylic acid groups (broad SMARTS) is 1. The Morgan fingerprint density at radius 2 is 1.95 bits per heavy atom. The molecule has 11 heteroatoms. The molecule has 4 heterocycles. The van der Waals surface area contributed by atoms with Crippen molar-refractivity contribution in [2.24, 2.45) is 5.41 Å². The number of aromatic nitrogens is 2. The van der Waals surface area contributed by atoms with E-state index in [9.17, 15) is 14.7 Å². The summed E-state index contributed by atoms with van der Waals surface area (Å²) in [5.74, 6) is 0.259. The molecular weight excluding hydrogens is 503 g/mol. The maximum atomic E-state index is 15.5. The summed E-state index contributed by atoms with van der Waals surface area (Å²) < 4.78 is 21.1. The normalized spacial score (nSPS) is 18.2. The van der Waals surface area contributed by atoms with Crippen LogP contribution in [0.4, 0.5) is 26.4 Å². The molecule has 1 aromatic carbocycles. The van der Waals surface area contributed by atoms with Crippen LogP contribution in [-0.4, -0.2) is 64.3 Å². The first-order valence-electron chi connectivity index (χ1n) is 13.2. The molecule has 0 unspecified atom stereocenters. The van der Waals surface area contributed by atoms with Gasteiger partial charge in [0.25, 0.3) is 0 Å². The van der Waals surface area contributed by atoms with Crippen LogP contribution in [0.5, 0.6) is 5.88 Å². The van der Waals surface area contributed by atoms with Crippen LogP contribution in [0.2, 0.25) is 0 Å². The molecule has 3 aliphatic rings. The van der Waals surface area contributed by atoms with Gasteiger partial charge in [0.1, 0.15) is 18.1 Å². The number of fused-ring (bicyclic) bond motifs is 2. The van der Waals surface area contributed by atoms with Gasteiger partial charge in [-0.15, -0.1) is 0 Å². The highest BCUT2D eigenvalue weighted by molar-refractivity contribution is 6.00. The number of nitrogen functional groups attached to an aromatic ring is 1. The van der Waals surface area contributed by atoms with Crippen LogP contribution in [0.15, 0.2) is 24.5 Å². The number of ether oxygens (including phenoxy) is 1. The minimum absolute atomic E-state index is 0.0513. The summed E-state index contributed by atoms with van der Waals surface area (Å²) in [6.45, 7) is 5.99. The minimum atomic E-state index is -1.08. The number of rotatable bonds is 3. The van der Waals surface area contributed by atoms with Crippen molar-refractivity contribution in [2.75, 3.05) is 42.2 Å². The van der Waals surface area contributed by atoms with Crippen LogP contribution in [0, 0.1) is 18.2 Å². The first-order chi connectivity index (χ1) is 18.7. The highest BCUT2D eigenvalue weighted by Crippen LogP contribution is 2.51. The number of nitrogens with zero attached hydrogens (tertiary/aromatic N) is 4. The summed E-state index contributed by atoms with van der Waals surface area (Å²) >= 11 is 0. The third-order valence-electron chi connectivity index (χ3n) is 8.65. The van der Waals surface area contributed by atoms with Gasteiger partial charge in [-0.25, -0.2) is 19.2 Å². The average molecular weight is 535 g/mol. The van der Waals surface area contributed by atoms with Crippen LogP contribution >= 0.6 is 0 Å². The van der Waals surface area contributed by atoms with Crippen molar-refractivity contribution in [3.8, 4) is 17.0 Å². The largest absolute Gasteiger partial charge is 0.474 e. The second-order valence-electron chi connectivity index (χ2n) is 10.9. The maximum Gasteiger partial charge on any atom is 0.413 e. The Kier molecular flexibility index (Phi) is 5.96. The summed E-state index contributed by atoms with van der Waals surface area (Å²) in [7, 11) is 0. The number of pyridine rings is 2. The van der Waals surface area contributed by atoms with Crippen molar-refractivity contribution < 1.29 is 23.8 Å². The van der Waals surface area contributed by atoms with Gasteiger partial charge in [-0.1, -0.05) is 0 Å². The van der Waals surface area contributed by atoms with Crippen LogP contribution in [-0.2, 0) is 4.79 Å². The molecule has 4 N–H and O–H groups in total. The number of amides is 2. The van der Waals surface area contributed by atoms with Crippen molar-refractivity contribution >= 4 is 40.0 Å². The first kappa shape index (κ1) is 25.1. The number of carbonyl (C=O) groups excluding carboxylic acids is 1. The molecule has 2 aromatic heterocycles. The molecule has 6 rings (SSSR count). The predicted octanol–water partition coefficient (Wildman–Crippen LogP) is 4.41.